The monoisotopic (exact) mass is 303 g/mol. The van der Waals surface area contributed by atoms with Crippen LogP contribution in [0.3, 0.4) is 0 Å². The number of anilines is 1. The van der Waals surface area contributed by atoms with Crippen molar-refractivity contribution in [1.29, 1.82) is 0 Å². The van der Waals surface area contributed by atoms with Gasteiger partial charge in [0.05, 0.1) is 24.2 Å². The van der Waals surface area contributed by atoms with E-state index in [1.165, 1.54) is 25.7 Å². The molecular formula is C16H21N3O3. The van der Waals surface area contributed by atoms with Crippen molar-refractivity contribution in [1.82, 2.24) is 4.90 Å². The molecule has 0 bridgehead atoms. The van der Waals surface area contributed by atoms with E-state index in [2.05, 4.69) is 9.80 Å². The van der Waals surface area contributed by atoms with E-state index in [0.717, 1.165) is 32.0 Å². The number of nitrogens with zero attached hydrogens (tertiary/aromatic N) is 3. The smallest absolute Gasteiger partial charge is 0.269 e. The van der Waals surface area contributed by atoms with Crippen molar-refractivity contribution in [3.05, 3.63) is 34.4 Å². The van der Waals surface area contributed by atoms with Gasteiger partial charge in [-0.05, 0) is 31.4 Å². The SMILES string of the molecule is O=[N+]([O-])c1ccc(N2[C@@H]3CCCC[C@@]32N2CCOCC2)cc1. The lowest BCUT2D eigenvalue weighted by Crippen LogP contribution is -2.49. The van der Waals surface area contributed by atoms with Gasteiger partial charge in [-0.25, -0.2) is 0 Å². The summed E-state index contributed by atoms with van der Waals surface area (Å²) in [6.07, 6.45) is 4.95. The van der Waals surface area contributed by atoms with E-state index in [4.69, 9.17) is 4.74 Å². The van der Waals surface area contributed by atoms with Gasteiger partial charge in [-0.2, -0.15) is 0 Å². The first-order chi connectivity index (χ1) is 10.7. The van der Waals surface area contributed by atoms with Crippen LogP contribution in [0.4, 0.5) is 11.4 Å². The first kappa shape index (κ1) is 14.0. The number of morpholine rings is 1. The van der Waals surface area contributed by atoms with Crippen LogP contribution in [0.5, 0.6) is 0 Å². The molecular weight excluding hydrogens is 282 g/mol. The lowest BCUT2D eigenvalue weighted by atomic mass is 9.94. The van der Waals surface area contributed by atoms with Gasteiger partial charge >= 0.3 is 0 Å². The Labute approximate surface area is 129 Å². The highest BCUT2D eigenvalue weighted by molar-refractivity contribution is 5.62. The topological polar surface area (TPSA) is 58.6 Å². The minimum Gasteiger partial charge on any atom is -0.379 e. The molecule has 2 aliphatic heterocycles. The maximum Gasteiger partial charge on any atom is 0.269 e. The van der Waals surface area contributed by atoms with E-state index in [-0.39, 0.29) is 16.3 Å². The average Bonchev–Trinajstić information content (AvgIpc) is 3.26. The van der Waals surface area contributed by atoms with Gasteiger partial charge in [0.25, 0.3) is 5.69 Å². The van der Waals surface area contributed by atoms with E-state index < -0.39 is 0 Å². The second-order valence-corrected chi connectivity index (χ2v) is 6.38. The van der Waals surface area contributed by atoms with Gasteiger partial charge in [0.2, 0.25) is 0 Å². The van der Waals surface area contributed by atoms with E-state index in [0.29, 0.717) is 6.04 Å². The Morgan fingerprint density at radius 1 is 1.18 bits per heavy atom. The molecule has 1 aromatic carbocycles. The number of fused-ring (bicyclic) bond motifs is 1. The number of rotatable bonds is 3. The van der Waals surface area contributed by atoms with Crippen LogP contribution in [0.1, 0.15) is 25.7 Å². The number of nitro groups is 1. The highest BCUT2D eigenvalue weighted by Crippen LogP contribution is 2.55. The summed E-state index contributed by atoms with van der Waals surface area (Å²) in [6.45, 7) is 3.59. The Kier molecular flexibility index (Phi) is 3.31. The fourth-order valence-electron chi connectivity index (χ4n) is 4.36. The van der Waals surface area contributed by atoms with Gasteiger partial charge in [-0.3, -0.25) is 15.0 Å². The Hall–Kier alpha value is -1.66. The predicted molar refractivity (Wildman–Crippen MR) is 83.0 cm³/mol. The fourth-order valence-corrected chi connectivity index (χ4v) is 4.36. The first-order valence-corrected chi connectivity index (χ1v) is 8.10. The third-order valence-electron chi connectivity index (χ3n) is 5.36. The molecule has 22 heavy (non-hydrogen) atoms. The molecule has 0 N–H and O–H groups in total. The molecule has 1 aromatic rings. The van der Waals surface area contributed by atoms with Crippen LogP contribution in [0.25, 0.3) is 0 Å². The largest absolute Gasteiger partial charge is 0.379 e. The van der Waals surface area contributed by atoms with E-state index in [9.17, 15) is 10.1 Å². The maximum absolute atomic E-state index is 10.8. The molecule has 2 saturated heterocycles. The van der Waals surface area contributed by atoms with E-state index in [1.54, 1.807) is 12.1 Å². The zero-order valence-electron chi connectivity index (χ0n) is 12.6. The lowest BCUT2D eigenvalue weighted by Gasteiger charge is -2.36. The number of nitro benzene ring substituents is 1. The summed E-state index contributed by atoms with van der Waals surface area (Å²) < 4.78 is 5.50. The summed E-state index contributed by atoms with van der Waals surface area (Å²) in [4.78, 5) is 15.5. The number of non-ortho nitro benzene ring substituents is 1. The molecule has 1 aliphatic carbocycles. The second-order valence-electron chi connectivity index (χ2n) is 6.38. The Bertz CT molecular complexity index is 571. The summed E-state index contributed by atoms with van der Waals surface area (Å²) in [5.41, 5.74) is 1.41. The van der Waals surface area contributed by atoms with Crippen molar-refractivity contribution < 1.29 is 9.66 Å². The third-order valence-corrected chi connectivity index (χ3v) is 5.36. The molecule has 0 aromatic heterocycles. The molecule has 0 spiro atoms. The third kappa shape index (κ3) is 2.01. The molecule has 6 heteroatoms. The number of hydrogen-bond donors (Lipinski definition) is 0. The van der Waals surface area contributed by atoms with Crippen molar-refractivity contribution in [3.8, 4) is 0 Å². The van der Waals surface area contributed by atoms with Crippen molar-refractivity contribution in [3.63, 3.8) is 0 Å². The summed E-state index contributed by atoms with van der Waals surface area (Å²) in [5, 5.41) is 10.8. The lowest BCUT2D eigenvalue weighted by molar-refractivity contribution is -0.384. The summed E-state index contributed by atoms with van der Waals surface area (Å²) in [6, 6.07) is 7.59. The standard InChI is InChI=1S/C16H21N3O3/c20-19(21)14-6-4-13(5-7-14)18-15-3-1-2-8-16(15,18)17-9-11-22-12-10-17/h4-7,15H,1-3,8-12H2/t15-,16+,18?/m1/s1. The van der Waals surface area contributed by atoms with Crippen LogP contribution in [0, 0.1) is 10.1 Å². The van der Waals surface area contributed by atoms with Gasteiger partial charge in [0, 0.05) is 30.9 Å². The van der Waals surface area contributed by atoms with Gasteiger partial charge in [0.15, 0.2) is 0 Å². The van der Waals surface area contributed by atoms with Crippen LogP contribution in [-0.4, -0.2) is 47.8 Å². The van der Waals surface area contributed by atoms with Crippen LogP contribution >= 0.6 is 0 Å². The molecule has 3 fully saturated rings. The zero-order chi connectivity index (χ0) is 15.2. The number of ether oxygens (including phenoxy) is 1. The molecule has 6 nitrogen and oxygen atoms in total. The second kappa shape index (κ2) is 5.21. The summed E-state index contributed by atoms with van der Waals surface area (Å²) >= 11 is 0. The fraction of sp³-hybridized carbons (Fsp3) is 0.625. The normalized spacial score (nSPS) is 31.6. The van der Waals surface area contributed by atoms with Crippen LogP contribution in [0.15, 0.2) is 24.3 Å². The van der Waals surface area contributed by atoms with Gasteiger partial charge in [-0.1, -0.05) is 6.42 Å². The average molecular weight is 303 g/mol. The summed E-state index contributed by atoms with van der Waals surface area (Å²) in [5.74, 6) is 0. The Morgan fingerprint density at radius 2 is 1.91 bits per heavy atom. The summed E-state index contributed by atoms with van der Waals surface area (Å²) in [7, 11) is 0. The van der Waals surface area contributed by atoms with Crippen molar-refractivity contribution in [2.24, 2.45) is 0 Å². The quantitative estimate of drug-likeness (QED) is 0.487. The van der Waals surface area contributed by atoms with Crippen molar-refractivity contribution >= 4 is 11.4 Å². The van der Waals surface area contributed by atoms with Crippen LogP contribution in [-0.2, 0) is 4.74 Å². The molecule has 2 heterocycles. The Balaban J connectivity index is 1.61. The van der Waals surface area contributed by atoms with E-state index >= 15 is 0 Å². The highest BCUT2D eigenvalue weighted by atomic mass is 16.6. The Morgan fingerprint density at radius 3 is 2.59 bits per heavy atom. The molecule has 1 saturated carbocycles. The molecule has 0 radical (unpaired) electrons. The van der Waals surface area contributed by atoms with Crippen LogP contribution in [0.2, 0.25) is 0 Å². The van der Waals surface area contributed by atoms with Gasteiger partial charge in [-0.15, -0.1) is 0 Å². The van der Waals surface area contributed by atoms with Crippen LogP contribution < -0.4 is 4.90 Å². The van der Waals surface area contributed by atoms with Crippen molar-refractivity contribution in [2.75, 3.05) is 31.2 Å². The molecule has 4 rings (SSSR count). The zero-order valence-corrected chi connectivity index (χ0v) is 12.6. The highest BCUT2D eigenvalue weighted by Gasteiger charge is 2.66. The van der Waals surface area contributed by atoms with Crippen molar-refractivity contribution in [2.45, 2.75) is 37.4 Å². The number of hydrogen-bond acceptors (Lipinski definition) is 5. The van der Waals surface area contributed by atoms with E-state index in [1.807, 2.05) is 12.1 Å². The molecule has 118 valence electrons. The molecule has 0 amide bonds. The molecule has 2 atom stereocenters. The predicted octanol–water partition coefficient (Wildman–Crippen LogP) is 2.39. The van der Waals surface area contributed by atoms with Gasteiger partial charge < -0.3 is 9.64 Å². The first-order valence-electron chi connectivity index (χ1n) is 8.10. The maximum atomic E-state index is 10.8. The molecule has 3 aliphatic rings. The minimum atomic E-state index is -0.337. The molecule has 0 unspecified atom stereocenters. The van der Waals surface area contributed by atoms with Gasteiger partial charge in [0.1, 0.15) is 5.66 Å². The number of benzene rings is 1. The minimum absolute atomic E-state index is 0.137.